The van der Waals surface area contributed by atoms with Crippen LogP contribution in [0.25, 0.3) is 0 Å². The van der Waals surface area contributed by atoms with Gasteiger partial charge in [-0.05, 0) is 44.1 Å². The quantitative estimate of drug-likeness (QED) is 0.878. The number of nitrogens with zero attached hydrogens (tertiary/aromatic N) is 2. The minimum absolute atomic E-state index is 0.0683. The Balaban J connectivity index is 2.35. The monoisotopic (exact) mass is 264 g/mol. The van der Waals surface area contributed by atoms with Gasteiger partial charge in [0.05, 0.1) is 0 Å². The standard InChI is InChI=1S/C14H20N2O3/c1-9-11(4-5-12(17)18)10(2)16(13(19)15-9)8-14(3)6-7-14/h4-8H2,1-3H3,(H,17,18). The van der Waals surface area contributed by atoms with E-state index in [0.717, 1.165) is 24.1 Å². The van der Waals surface area contributed by atoms with Gasteiger partial charge in [-0.15, -0.1) is 0 Å². The predicted octanol–water partition coefficient (Wildman–Crippen LogP) is 1.68. The lowest BCUT2D eigenvalue weighted by molar-refractivity contribution is -0.136. The van der Waals surface area contributed by atoms with Crippen LogP contribution in [0.5, 0.6) is 0 Å². The van der Waals surface area contributed by atoms with E-state index in [9.17, 15) is 9.59 Å². The van der Waals surface area contributed by atoms with Crippen molar-refractivity contribution in [2.45, 2.75) is 53.0 Å². The molecule has 0 unspecified atom stereocenters. The van der Waals surface area contributed by atoms with Crippen LogP contribution in [0.4, 0.5) is 0 Å². The van der Waals surface area contributed by atoms with Gasteiger partial charge in [0, 0.05) is 24.4 Å². The van der Waals surface area contributed by atoms with E-state index in [-0.39, 0.29) is 17.5 Å². The van der Waals surface area contributed by atoms with Crippen LogP contribution in [0, 0.1) is 19.3 Å². The first-order valence-corrected chi connectivity index (χ1v) is 6.61. The molecule has 104 valence electrons. The van der Waals surface area contributed by atoms with Crippen molar-refractivity contribution in [3.8, 4) is 0 Å². The molecule has 0 aromatic carbocycles. The summed E-state index contributed by atoms with van der Waals surface area (Å²) in [6.45, 7) is 6.51. The van der Waals surface area contributed by atoms with E-state index in [1.807, 2.05) is 6.92 Å². The molecule has 0 spiro atoms. The van der Waals surface area contributed by atoms with Crippen LogP contribution in [0.2, 0.25) is 0 Å². The third kappa shape index (κ3) is 3.03. The van der Waals surface area contributed by atoms with E-state index in [4.69, 9.17) is 5.11 Å². The molecule has 0 amide bonds. The second-order valence-corrected chi connectivity index (χ2v) is 5.83. The van der Waals surface area contributed by atoms with Gasteiger partial charge >= 0.3 is 11.7 Å². The summed E-state index contributed by atoms with van der Waals surface area (Å²) in [5.41, 5.74) is 2.41. The summed E-state index contributed by atoms with van der Waals surface area (Å²) >= 11 is 0. The lowest BCUT2D eigenvalue weighted by Gasteiger charge is -2.17. The Morgan fingerprint density at radius 2 is 2.05 bits per heavy atom. The maximum atomic E-state index is 12.0. The predicted molar refractivity (Wildman–Crippen MR) is 71.3 cm³/mol. The minimum Gasteiger partial charge on any atom is -0.481 e. The Labute approximate surface area is 112 Å². The van der Waals surface area contributed by atoms with E-state index in [2.05, 4.69) is 11.9 Å². The SMILES string of the molecule is Cc1nc(=O)n(CC2(C)CC2)c(C)c1CCC(=O)O. The molecule has 1 aromatic heterocycles. The second-order valence-electron chi connectivity index (χ2n) is 5.83. The normalized spacial score (nSPS) is 16.4. The molecule has 5 heteroatoms. The van der Waals surface area contributed by atoms with Crippen molar-refractivity contribution >= 4 is 5.97 Å². The van der Waals surface area contributed by atoms with Gasteiger partial charge in [-0.25, -0.2) is 4.79 Å². The molecule has 0 aliphatic heterocycles. The highest BCUT2D eigenvalue weighted by Gasteiger charge is 2.38. The van der Waals surface area contributed by atoms with Crippen LogP contribution >= 0.6 is 0 Å². The Morgan fingerprint density at radius 3 is 2.58 bits per heavy atom. The molecular formula is C14H20N2O3. The summed E-state index contributed by atoms with van der Waals surface area (Å²) in [5.74, 6) is -0.828. The zero-order valence-corrected chi connectivity index (χ0v) is 11.7. The van der Waals surface area contributed by atoms with Crippen LogP contribution in [0.15, 0.2) is 4.79 Å². The highest BCUT2D eigenvalue weighted by molar-refractivity contribution is 5.67. The van der Waals surface area contributed by atoms with Crippen LogP contribution in [-0.4, -0.2) is 20.6 Å². The summed E-state index contributed by atoms with van der Waals surface area (Å²) in [5, 5.41) is 8.79. The van der Waals surface area contributed by atoms with Crippen molar-refractivity contribution < 1.29 is 9.90 Å². The first kappa shape index (κ1) is 13.8. The molecule has 2 rings (SSSR count). The van der Waals surface area contributed by atoms with Crippen molar-refractivity contribution in [3.05, 3.63) is 27.4 Å². The van der Waals surface area contributed by atoms with E-state index < -0.39 is 5.97 Å². The Kier molecular flexibility index (Phi) is 3.47. The maximum absolute atomic E-state index is 12.0. The van der Waals surface area contributed by atoms with E-state index >= 15 is 0 Å². The molecule has 1 heterocycles. The van der Waals surface area contributed by atoms with Gasteiger partial charge in [0.15, 0.2) is 0 Å². The second kappa shape index (κ2) is 4.79. The van der Waals surface area contributed by atoms with Crippen LogP contribution in [-0.2, 0) is 17.8 Å². The van der Waals surface area contributed by atoms with E-state index in [0.29, 0.717) is 18.7 Å². The summed E-state index contributed by atoms with van der Waals surface area (Å²) in [7, 11) is 0. The molecule has 5 nitrogen and oxygen atoms in total. The molecule has 1 saturated carbocycles. The van der Waals surface area contributed by atoms with Crippen LogP contribution in [0.3, 0.4) is 0 Å². The van der Waals surface area contributed by atoms with Gasteiger partial charge in [0.1, 0.15) is 0 Å². The van der Waals surface area contributed by atoms with Crippen molar-refractivity contribution in [2.24, 2.45) is 5.41 Å². The number of aliphatic carboxylic acids is 1. The Bertz CT molecular complexity index is 571. The summed E-state index contributed by atoms with van der Waals surface area (Å²) in [6, 6.07) is 0. The average Bonchev–Trinajstić information content (AvgIpc) is 3.02. The number of aromatic nitrogens is 2. The number of hydrogen-bond donors (Lipinski definition) is 1. The maximum Gasteiger partial charge on any atom is 0.347 e. The molecule has 1 aliphatic rings. The fourth-order valence-electron chi connectivity index (χ4n) is 2.37. The van der Waals surface area contributed by atoms with Gasteiger partial charge in [-0.1, -0.05) is 6.92 Å². The molecule has 1 aromatic rings. The summed E-state index contributed by atoms with van der Waals surface area (Å²) in [4.78, 5) is 26.7. The van der Waals surface area contributed by atoms with Crippen molar-refractivity contribution in [1.82, 2.24) is 9.55 Å². The number of carbonyl (C=O) groups is 1. The van der Waals surface area contributed by atoms with E-state index in [1.54, 1.807) is 11.5 Å². The molecule has 0 bridgehead atoms. The van der Waals surface area contributed by atoms with Gasteiger partial charge < -0.3 is 5.11 Å². The van der Waals surface area contributed by atoms with Crippen molar-refractivity contribution in [1.29, 1.82) is 0 Å². The van der Waals surface area contributed by atoms with Crippen molar-refractivity contribution in [3.63, 3.8) is 0 Å². The first-order chi connectivity index (χ1) is 8.82. The zero-order chi connectivity index (χ0) is 14.2. The minimum atomic E-state index is -0.828. The molecule has 0 atom stereocenters. The third-order valence-corrected chi connectivity index (χ3v) is 4.00. The van der Waals surface area contributed by atoms with Gasteiger partial charge in [-0.3, -0.25) is 9.36 Å². The number of hydrogen-bond acceptors (Lipinski definition) is 3. The lowest BCUT2D eigenvalue weighted by Crippen LogP contribution is -2.30. The van der Waals surface area contributed by atoms with Gasteiger partial charge in [0.25, 0.3) is 0 Å². The Morgan fingerprint density at radius 1 is 1.42 bits per heavy atom. The average molecular weight is 264 g/mol. The summed E-state index contributed by atoms with van der Waals surface area (Å²) in [6.07, 6.45) is 2.77. The van der Waals surface area contributed by atoms with E-state index in [1.165, 1.54) is 0 Å². The topological polar surface area (TPSA) is 72.2 Å². The smallest absolute Gasteiger partial charge is 0.347 e. The summed E-state index contributed by atoms with van der Waals surface area (Å²) < 4.78 is 1.71. The zero-order valence-electron chi connectivity index (χ0n) is 11.7. The number of rotatable bonds is 5. The van der Waals surface area contributed by atoms with Gasteiger partial charge in [0.2, 0.25) is 0 Å². The molecule has 0 radical (unpaired) electrons. The first-order valence-electron chi connectivity index (χ1n) is 6.61. The molecule has 1 aliphatic carbocycles. The molecule has 0 saturated heterocycles. The molecule has 1 N–H and O–H groups in total. The highest BCUT2D eigenvalue weighted by atomic mass is 16.4. The number of carboxylic acids is 1. The van der Waals surface area contributed by atoms with Crippen LogP contribution in [0.1, 0.15) is 43.1 Å². The van der Waals surface area contributed by atoms with Gasteiger partial charge in [-0.2, -0.15) is 4.98 Å². The number of carboxylic acid groups (broad SMARTS) is 1. The van der Waals surface area contributed by atoms with Crippen LogP contribution < -0.4 is 5.69 Å². The Hall–Kier alpha value is -1.65. The van der Waals surface area contributed by atoms with Crippen molar-refractivity contribution in [2.75, 3.05) is 0 Å². The molecule has 1 fully saturated rings. The third-order valence-electron chi connectivity index (χ3n) is 4.00. The fraction of sp³-hybridized carbons (Fsp3) is 0.643. The highest BCUT2D eigenvalue weighted by Crippen LogP contribution is 2.46. The number of aryl methyl sites for hydroxylation is 1. The lowest BCUT2D eigenvalue weighted by atomic mass is 10.1. The molecular weight excluding hydrogens is 244 g/mol. The largest absolute Gasteiger partial charge is 0.481 e. The fourth-order valence-corrected chi connectivity index (χ4v) is 2.37. The molecule has 19 heavy (non-hydrogen) atoms.